The number of anilines is 1. The average molecular weight is 294 g/mol. The molecule has 1 aliphatic heterocycles. The highest BCUT2D eigenvalue weighted by Gasteiger charge is 2.28. The van der Waals surface area contributed by atoms with Crippen LogP contribution < -0.4 is 5.32 Å². The number of likely N-dealkylation sites (tertiary alicyclic amines) is 1. The van der Waals surface area contributed by atoms with Crippen LogP contribution in [0.25, 0.3) is 0 Å². The Bertz CT molecular complexity index is 622. The van der Waals surface area contributed by atoms with Gasteiger partial charge in [-0.25, -0.2) is 0 Å². The largest absolute Gasteiger partial charge is 0.326 e. The molecule has 1 atom stereocenters. The molecule has 1 heterocycles. The van der Waals surface area contributed by atoms with Crippen LogP contribution in [0.15, 0.2) is 54.6 Å². The molecule has 0 aliphatic carbocycles. The Morgan fingerprint density at radius 2 is 1.86 bits per heavy atom. The minimum absolute atomic E-state index is 0.0880. The molecule has 0 spiro atoms. The lowest BCUT2D eigenvalue weighted by Crippen LogP contribution is -2.26. The van der Waals surface area contributed by atoms with Gasteiger partial charge in [0, 0.05) is 18.8 Å². The van der Waals surface area contributed by atoms with E-state index >= 15 is 0 Å². The van der Waals surface area contributed by atoms with Crippen LogP contribution in [-0.4, -0.2) is 23.9 Å². The molecule has 1 aliphatic rings. The van der Waals surface area contributed by atoms with Crippen molar-refractivity contribution in [2.45, 2.75) is 19.9 Å². The Morgan fingerprint density at radius 1 is 1.14 bits per heavy atom. The molecule has 22 heavy (non-hydrogen) atoms. The van der Waals surface area contributed by atoms with Crippen molar-refractivity contribution in [3.8, 4) is 0 Å². The molecule has 0 bridgehead atoms. The van der Waals surface area contributed by atoms with E-state index < -0.39 is 0 Å². The number of carbonyl (C=O) groups excluding carboxylic acids is 1. The fourth-order valence-electron chi connectivity index (χ4n) is 2.91. The lowest BCUT2D eigenvalue weighted by molar-refractivity contribution is -0.119. The van der Waals surface area contributed by atoms with Gasteiger partial charge in [-0.3, -0.25) is 9.69 Å². The SMILES string of the molecule is Cc1ccc(NC(=O)C2CCN(Cc3ccccc3)C2)cc1. The van der Waals surface area contributed by atoms with Crippen molar-refractivity contribution in [1.29, 1.82) is 0 Å². The van der Waals surface area contributed by atoms with Crippen molar-refractivity contribution in [2.24, 2.45) is 5.92 Å². The van der Waals surface area contributed by atoms with Crippen LogP contribution in [0.1, 0.15) is 17.5 Å². The van der Waals surface area contributed by atoms with Crippen LogP contribution in [-0.2, 0) is 11.3 Å². The molecule has 0 saturated carbocycles. The number of aryl methyl sites for hydroxylation is 1. The molecular weight excluding hydrogens is 272 g/mol. The molecule has 1 amide bonds. The van der Waals surface area contributed by atoms with Crippen LogP contribution in [0.4, 0.5) is 5.69 Å². The predicted octanol–water partition coefficient (Wildman–Crippen LogP) is 3.46. The number of nitrogens with zero attached hydrogens (tertiary/aromatic N) is 1. The van der Waals surface area contributed by atoms with E-state index in [4.69, 9.17) is 0 Å². The van der Waals surface area contributed by atoms with E-state index in [-0.39, 0.29) is 11.8 Å². The van der Waals surface area contributed by atoms with Crippen molar-refractivity contribution in [2.75, 3.05) is 18.4 Å². The maximum atomic E-state index is 12.4. The molecule has 3 heteroatoms. The summed E-state index contributed by atoms with van der Waals surface area (Å²) in [5.41, 5.74) is 3.40. The molecule has 2 aromatic carbocycles. The number of benzene rings is 2. The summed E-state index contributed by atoms with van der Waals surface area (Å²) < 4.78 is 0. The molecule has 0 aromatic heterocycles. The van der Waals surface area contributed by atoms with Crippen LogP contribution in [0.5, 0.6) is 0 Å². The lowest BCUT2D eigenvalue weighted by Gasteiger charge is -2.16. The Morgan fingerprint density at radius 3 is 2.59 bits per heavy atom. The molecule has 1 fully saturated rings. The number of hydrogen-bond donors (Lipinski definition) is 1. The van der Waals surface area contributed by atoms with E-state index in [1.54, 1.807) is 0 Å². The second-order valence-electron chi connectivity index (χ2n) is 6.06. The molecule has 0 radical (unpaired) electrons. The predicted molar refractivity (Wildman–Crippen MR) is 89.6 cm³/mol. The van der Waals surface area contributed by atoms with Gasteiger partial charge in [0.25, 0.3) is 0 Å². The highest BCUT2D eigenvalue weighted by atomic mass is 16.1. The number of amides is 1. The second-order valence-corrected chi connectivity index (χ2v) is 6.06. The minimum atomic E-state index is 0.0880. The normalized spacial score (nSPS) is 18.3. The number of nitrogens with one attached hydrogen (secondary N) is 1. The summed E-state index contributed by atoms with van der Waals surface area (Å²) in [5, 5.41) is 3.03. The van der Waals surface area contributed by atoms with Gasteiger partial charge in [-0.15, -0.1) is 0 Å². The molecule has 3 rings (SSSR count). The third-order valence-electron chi connectivity index (χ3n) is 4.21. The fourth-order valence-corrected chi connectivity index (χ4v) is 2.91. The first-order chi connectivity index (χ1) is 10.7. The minimum Gasteiger partial charge on any atom is -0.326 e. The quantitative estimate of drug-likeness (QED) is 0.936. The van der Waals surface area contributed by atoms with Crippen molar-refractivity contribution in [3.05, 3.63) is 65.7 Å². The molecule has 3 nitrogen and oxygen atoms in total. The van der Waals surface area contributed by atoms with E-state index in [9.17, 15) is 4.79 Å². The average Bonchev–Trinajstić information content (AvgIpc) is 2.99. The van der Waals surface area contributed by atoms with Crippen molar-refractivity contribution in [1.82, 2.24) is 4.90 Å². The first-order valence-corrected chi connectivity index (χ1v) is 7.84. The topological polar surface area (TPSA) is 32.3 Å². The van der Waals surface area contributed by atoms with E-state index in [0.29, 0.717) is 0 Å². The molecule has 1 N–H and O–H groups in total. The Balaban J connectivity index is 1.53. The van der Waals surface area contributed by atoms with Gasteiger partial charge >= 0.3 is 0 Å². The smallest absolute Gasteiger partial charge is 0.228 e. The van der Waals surface area contributed by atoms with Gasteiger partial charge in [-0.05, 0) is 37.6 Å². The van der Waals surface area contributed by atoms with Crippen LogP contribution in [0, 0.1) is 12.8 Å². The highest BCUT2D eigenvalue weighted by molar-refractivity contribution is 5.92. The number of rotatable bonds is 4. The van der Waals surface area contributed by atoms with Crippen LogP contribution in [0.3, 0.4) is 0 Å². The van der Waals surface area contributed by atoms with E-state index in [2.05, 4.69) is 34.5 Å². The van der Waals surface area contributed by atoms with E-state index in [1.807, 2.05) is 37.3 Å². The Labute approximate surface area is 132 Å². The highest BCUT2D eigenvalue weighted by Crippen LogP contribution is 2.20. The molecule has 114 valence electrons. The van der Waals surface area contributed by atoms with E-state index in [1.165, 1.54) is 11.1 Å². The summed E-state index contributed by atoms with van der Waals surface area (Å²) in [7, 11) is 0. The third-order valence-corrected chi connectivity index (χ3v) is 4.21. The zero-order valence-corrected chi connectivity index (χ0v) is 13.0. The molecular formula is C19H22N2O. The summed E-state index contributed by atoms with van der Waals surface area (Å²) in [6.07, 6.45) is 0.935. The van der Waals surface area contributed by atoms with Crippen molar-refractivity contribution < 1.29 is 4.79 Å². The van der Waals surface area contributed by atoms with Gasteiger partial charge in [-0.1, -0.05) is 48.0 Å². The van der Waals surface area contributed by atoms with Crippen LogP contribution in [0.2, 0.25) is 0 Å². The first-order valence-electron chi connectivity index (χ1n) is 7.84. The summed E-state index contributed by atoms with van der Waals surface area (Å²) >= 11 is 0. The monoisotopic (exact) mass is 294 g/mol. The Hall–Kier alpha value is -2.13. The second kappa shape index (κ2) is 6.75. The third kappa shape index (κ3) is 3.74. The number of hydrogen-bond acceptors (Lipinski definition) is 2. The van der Waals surface area contributed by atoms with Gasteiger partial charge in [0.05, 0.1) is 5.92 Å². The summed E-state index contributed by atoms with van der Waals surface area (Å²) in [6, 6.07) is 18.4. The van der Waals surface area contributed by atoms with Crippen molar-refractivity contribution in [3.63, 3.8) is 0 Å². The lowest BCUT2D eigenvalue weighted by atomic mass is 10.1. The standard InChI is InChI=1S/C19H22N2O/c1-15-7-9-18(10-8-15)20-19(22)17-11-12-21(14-17)13-16-5-3-2-4-6-16/h2-10,17H,11-14H2,1H3,(H,20,22). The summed E-state index contributed by atoms with van der Waals surface area (Å²) in [4.78, 5) is 14.7. The summed E-state index contributed by atoms with van der Waals surface area (Å²) in [5.74, 6) is 0.226. The molecule has 1 saturated heterocycles. The maximum Gasteiger partial charge on any atom is 0.228 e. The maximum absolute atomic E-state index is 12.4. The van der Waals surface area contributed by atoms with Gasteiger partial charge in [0.1, 0.15) is 0 Å². The van der Waals surface area contributed by atoms with Crippen LogP contribution >= 0.6 is 0 Å². The zero-order chi connectivity index (χ0) is 15.4. The first kappa shape index (κ1) is 14.8. The zero-order valence-electron chi connectivity index (χ0n) is 13.0. The fraction of sp³-hybridized carbons (Fsp3) is 0.316. The van der Waals surface area contributed by atoms with E-state index in [0.717, 1.165) is 31.7 Å². The molecule has 2 aromatic rings. The number of carbonyl (C=O) groups is 1. The van der Waals surface area contributed by atoms with Gasteiger partial charge < -0.3 is 5.32 Å². The molecule has 1 unspecified atom stereocenters. The Kier molecular flexibility index (Phi) is 4.54. The van der Waals surface area contributed by atoms with Crippen molar-refractivity contribution >= 4 is 11.6 Å². The van der Waals surface area contributed by atoms with Gasteiger partial charge in [-0.2, -0.15) is 0 Å². The van der Waals surface area contributed by atoms with Gasteiger partial charge in [0.15, 0.2) is 0 Å². The summed E-state index contributed by atoms with van der Waals surface area (Å²) in [6.45, 7) is 4.80. The van der Waals surface area contributed by atoms with Gasteiger partial charge in [0.2, 0.25) is 5.91 Å².